The first kappa shape index (κ1) is 16.6. The third-order valence-electron chi connectivity index (χ3n) is 2.43. The molecular formula is C14H20N2O5. The van der Waals surface area contributed by atoms with Crippen LogP contribution in [0.4, 0.5) is 10.5 Å². The van der Waals surface area contributed by atoms with Crippen LogP contribution in [0.5, 0.6) is 11.5 Å². The Balaban J connectivity index is 2.71. The van der Waals surface area contributed by atoms with Gasteiger partial charge in [-0.25, -0.2) is 4.79 Å². The van der Waals surface area contributed by atoms with Crippen molar-refractivity contribution in [2.45, 2.75) is 20.3 Å². The lowest BCUT2D eigenvalue weighted by atomic mass is 10.2. The number of nitrogens with one attached hydrogen (secondary N) is 2. The number of amides is 2. The summed E-state index contributed by atoms with van der Waals surface area (Å²) in [5, 5.41) is 13.6. The summed E-state index contributed by atoms with van der Waals surface area (Å²) in [4.78, 5) is 22.1. The minimum absolute atomic E-state index is 0.0519. The molecule has 0 saturated heterocycles. The summed E-state index contributed by atoms with van der Waals surface area (Å²) in [5.74, 6) is 0.166. The van der Waals surface area contributed by atoms with Gasteiger partial charge in [-0.05, 0) is 26.0 Å². The fourth-order valence-corrected chi connectivity index (χ4v) is 1.59. The number of carbonyl (C=O) groups is 2. The van der Waals surface area contributed by atoms with Crippen molar-refractivity contribution in [1.82, 2.24) is 5.32 Å². The van der Waals surface area contributed by atoms with Crippen molar-refractivity contribution in [2.75, 3.05) is 25.1 Å². The van der Waals surface area contributed by atoms with E-state index in [0.717, 1.165) is 0 Å². The summed E-state index contributed by atoms with van der Waals surface area (Å²) in [6.07, 6.45) is -0.134. The van der Waals surface area contributed by atoms with Crippen LogP contribution in [0.2, 0.25) is 0 Å². The smallest absolute Gasteiger partial charge is 0.319 e. The molecule has 0 aliphatic heterocycles. The van der Waals surface area contributed by atoms with E-state index in [-0.39, 0.29) is 13.0 Å². The third-order valence-corrected chi connectivity index (χ3v) is 2.43. The van der Waals surface area contributed by atoms with Crippen molar-refractivity contribution >= 4 is 17.7 Å². The molecule has 7 nitrogen and oxygen atoms in total. The Morgan fingerprint density at radius 2 is 1.90 bits per heavy atom. The molecule has 0 aliphatic rings. The lowest BCUT2D eigenvalue weighted by Crippen LogP contribution is -2.30. The van der Waals surface area contributed by atoms with Gasteiger partial charge in [-0.2, -0.15) is 0 Å². The number of carbonyl (C=O) groups excluding carboxylic acids is 1. The van der Waals surface area contributed by atoms with Crippen molar-refractivity contribution in [3.63, 3.8) is 0 Å². The largest absolute Gasteiger partial charge is 0.494 e. The molecule has 7 heteroatoms. The van der Waals surface area contributed by atoms with Crippen molar-refractivity contribution in [3.8, 4) is 11.5 Å². The summed E-state index contributed by atoms with van der Waals surface area (Å²) in [7, 11) is 0. The highest BCUT2D eigenvalue weighted by atomic mass is 16.5. The van der Waals surface area contributed by atoms with E-state index in [1.165, 1.54) is 0 Å². The number of rotatable bonds is 8. The van der Waals surface area contributed by atoms with E-state index in [0.29, 0.717) is 30.4 Å². The van der Waals surface area contributed by atoms with E-state index >= 15 is 0 Å². The second kappa shape index (κ2) is 8.68. The topological polar surface area (TPSA) is 96.9 Å². The molecule has 0 heterocycles. The zero-order valence-electron chi connectivity index (χ0n) is 12.1. The molecule has 0 aliphatic carbocycles. The molecular weight excluding hydrogens is 276 g/mol. The van der Waals surface area contributed by atoms with Crippen LogP contribution >= 0.6 is 0 Å². The molecule has 0 bridgehead atoms. The molecule has 0 aromatic heterocycles. The highest BCUT2D eigenvalue weighted by molar-refractivity contribution is 5.91. The Morgan fingerprint density at radius 1 is 1.19 bits per heavy atom. The van der Waals surface area contributed by atoms with Gasteiger partial charge in [0.2, 0.25) is 0 Å². The summed E-state index contributed by atoms with van der Waals surface area (Å²) in [6.45, 7) is 4.73. The maximum Gasteiger partial charge on any atom is 0.319 e. The molecule has 0 radical (unpaired) electrons. The number of benzene rings is 1. The number of aliphatic carboxylic acids is 1. The van der Waals surface area contributed by atoms with Crippen LogP contribution in [-0.4, -0.2) is 36.9 Å². The van der Waals surface area contributed by atoms with Crippen LogP contribution < -0.4 is 20.1 Å². The van der Waals surface area contributed by atoms with E-state index in [1.807, 2.05) is 13.8 Å². The molecule has 0 unspecified atom stereocenters. The van der Waals surface area contributed by atoms with Crippen molar-refractivity contribution in [1.29, 1.82) is 0 Å². The Labute approximate surface area is 123 Å². The monoisotopic (exact) mass is 296 g/mol. The van der Waals surface area contributed by atoms with Gasteiger partial charge in [-0.15, -0.1) is 0 Å². The Morgan fingerprint density at radius 3 is 2.52 bits per heavy atom. The number of carboxylic acids is 1. The zero-order valence-corrected chi connectivity index (χ0v) is 12.1. The minimum atomic E-state index is -0.969. The highest BCUT2D eigenvalue weighted by Crippen LogP contribution is 2.29. The van der Waals surface area contributed by atoms with Crippen molar-refractivity contribution in [2.24, 2.45) is 0 Å². The van der Waals surface area contributed by atoms with Gasteiger partial charge in [0, 0.05) is 12.6 Å². The molecule has 0 atom stereocenters. The number of carboxylic acid groups (broad SMARTS) is 1. The second-order valence-electron chi connectivity index (χ2n) is 4.05. The lowest BCUT2D eigenvalue weighted by molar-refractivity contribution is -0.136. The van der Waals surface area contributed by atoms with Crippen LogP contribution in [-0.2, 0) is 4.79 Å². The molecule has 1 rings (SSSR count). The Kier molecular flexibility index (Phi) is 6.86. The van der Waals surface area contributed by atoms with Gasteiger partial charge < -0.3 is 25.2 Å². The van der Waals surface area contributed by atoms with Crippen LogP contribution in [0.25, 0.3) is 0 Å². The molecule has 0 saturated carbocycles. The Bertz CT molecular complexity index is 490. The summed E-state index contributed by atoms with van der Waals surface area (Å²) >= 11 is 0. The first-order valence-corrected chi connectivity index (χ1v) is 6.73. The van der Waals surface area contributed by atoms with Crippen LogP contribution in [0.15, 0.2) is 18.2 Å². The quantitative estimate of drug-likeness (QED) is 0.682. The van der Waals surface area contributed by atoms with Crippen molar-refractivity contribution < 1.29 is 24.2 Å². The summed E-state index contributed by atoms with van der Waals surface area (Å²) in [5.41, 5.74) is 0.468. The molecule has 2 amide bonds. The number of ether oxygens (including phenoxy) is 2. The molecule has 0 fully saturated rings. The number of anilines is 1. The normalized spacial score (nSPS) is 9.81. The number of hydrogen-bond donors (Lipinski definition) is 3. The predicted octanol–water partition coefficient (Wildman–Crippen LogP) is 2.08. The third kappa shape index (κ3) is 6.03. The van der Waals surface area contributed by atoms with Gasteiger partial charge in [0.1, 0.15) is 11.5 Å². The Hall–Kier alpha value is -2.44. The summed E-state index contributed by atoms with van der Waals surface area (Å²) in [6, 6.07) is 4.63. The van der Waals surface area contributed by atoms with E-state index in [2.05, 4.69) is 10.6 Å². The van der Waals surface area contributed by atoms with Crippen LogP contribution in [0, 0.1) is 0 Å². The van der Waals surface area contributed by atoms with Gasteiger partial charge in [0.05, 0.1) is 25.3 Å². The van der Waals surface area contributed by atoms with Gasteiger partial charge in [0.15, 0.2) is 0 Å². The number of urea groups is 1. The fourth-order valence-electron chi connectivity index (χ4n) is 1.59. The standard InChI is InChI=1S/C14H20N2O5/c1-3-20-10-5-6-12(21-4-2)11(9-10)16-14(19)15-8-7-13(17)18/h5-6,9H,3-4,7-8H2,1-2H3,(H,17,18)(H2,15,16,19). The maximum atomic E-state index is 11.7. The lowest BCUT2D eigenvalue weighted by Gasteiger charge is -2.13. The van der Waals surface area contributed by atoms with Crippen LogP contribution in [0.1, 0.15) is 20.3 Å². The molecule has 0 spiro atoms. The highest BCUT2D eigenvalue weighted by Gasteiger charge is 2.09. The predicted molar refractivity (Wildman–Crippen MR) is 78.1 cm³/mol. The molecule has 1 aromatic carbocycles. The van der Waals surface area contributed by atoms with E-state index in [4.69, 9.17) is 14.6 Å². The first-order valence-electron chi connectivity index (χ1n) is 6.73. The van der Waals surface area contributed by atoms with E-state index < -0.39 is 12.0 Å². The average Bonchev–Trinajstić information content (AvgIpc) is 2.41. The number of hydrogen-bond acceptors (Lipinski definition) is 4. The van der Waals surface area contributed by atoms with Gasteiger partial charge >= 0.3 is 12.0 Å². The second-order valence-corrected chi connectivity index (χ2v) is 4.05. The van der Waals surface area contributed by atoms with E-state index in [1.54, 1.807) is 18.2 Å². The molecule has 21 heavy (non-hydrogen) atoms. The maximum absolute atomic E-state index is 11.7. The van der Waals surface area contributed by atoms with E-state index in [9.17, 15) is 9.59 Å². The van der Waals surface area contributed by atoms with Gasteiger partial charge in [-0.3, -0.25) is 4.79 Å². The zero-order chi connectivity index (χ0) is 15.7. The first-order chi connectivity index (χ1) is 10.1. The molecule has 1 aromatic rings. The van der Waals surface area contributed by atoms with Gasteiger partial charge in [-0.1, -0.05) is 0 Å². The van der Waals surface area contributed by atoms with Gasteiger partial charge in [0.25, 0.3) is 0 Å². The fraction of sp³-hybridized carbons (Fsp3) is 0.429. The SMILES string of the molecule is CCOc1ccc(OCC)c(NC(=O)NCCC(=O)O)c1. The van der Waals surface area contributed by atoms with Crippen molar-refractivity contribution in [3.05, 3.63) is 18.2 Å². The molecule has 116 valence electrons. The average molecular weight is 296 g/mol. The van der Waals surface area contributed by atoms with Crippen LogP contribution in [0.3, 0.4) is 0 Å². The summed E-state index contributed by atoms with van der Waals surface area (Å²) < 4.78 is 10.8. The molecule has 3 N–H and O–H groups in total. The minimum Gasteiger partial charge on any atom is -0.494 e.